The molecule has 3 aliphatic rings. The summed E-state index contributed by atoms with van der Waals surface area (Å²) in [5, 5.41) is 0. The van der Waals surface area contributed by atoms with E-state index < -0.39 is 5.79 Å². The van der Waals surface area contributed by atoms with Gasteiger partial charge in [0.15, 0.2) is 0 Å². The quantitative estimate of drug-likeness (QED) is 0.826. The third kappa shape index (κ3) is 2.88. The number of fused-ring (bicyclic) bond motifs is 2. The molecule has 2 aliphatic heterocycles. The van der Waals surface area contributed by atoms with Crippen molar-refractivity contribution in [2.24, 2.45) is 5.92 Å². The fraction of sp³-hybridized carbons (Fsp3) is 0.435. The Kier molecular flexibility index (Phi) is 4.06. The summed E-state index contributed by atoms with van der Waals surface area (Å²) in [5.74, 6) is -0.658. The van der Waals surface area contributed by atoms with Gasteiger partial charge in [0, 0.05) is 12.1 Å². The average Bonchev–Trinajstić information content (AvgIpc) is 3.49. The van der Waals surface area contributed by atoms with Crippen molar-refractivity contribution in [3.63, 3.8) is 0 Å². The number of nitrogens with zero attached hydrogens (tertiary/aromatic N) is 1. The summed E-state index contributed by atoms with van der Waals surface area (Å²) in [4.78, 5) is 15.2. The molecule has 1 aliphatic carbocycles. The molecule has 1 saturated heterocycles. The predicted octanol–water partition coefficient (Wildman–Crippen LogP) is 3.93. The number of carbonyl (C=O) groups excluding carboxylic acids is 1. The maximum Gasteiger partial charge on any atom is 0.292 e. The number of anilines is 1. The Hall–Kier alpha value is -2.17. The second-order valence-corrected chi connectivity index (χ2v) is 7.98. The lowest BCUT2D eigenvalue weighted by molar-refractivity contribution is -0.256. The van der Waals surface area contributed by atoms with E-state index in [0.717, 1.165) is 30.6 Å². The monoisotopic (exact) mass is 363 g/mol. The van der Waals surface area contributed by atoms with Gasteiger partial charge in [-0.15, -0.1) is 0 Å². The van der Waals surface area contributed by atoms with E-state index in [1.807, 2.05) is 4.90 Å². The van der Waals surface area contributed by atoms with E-state index in [9.17, 15) is 4.79 Å². The molecule has 0 unspecified atom stereocenters. The first-order valence-corrected chi connectivity index (χ1v) is 9.95. The lowest BCUT2D eigenvalue weighted by atomic mass is 9.97. The highest BCUT2D eigenvalue weighted by molar-refractivity contribution is 6.06. The summed E-state index contributed by atoms with van der Waals surface area (Å²) in [5.41, 5.74) is 5.61. The molecule has 5 rings (SSSR count). The first-order valence-electron chi connectivity index (χ1n) is 9.95. The van der Waals surface area contributed by atoms with Crippen molar-refractivity contribution in [3.05, 3.63) is 64.7 Å². The maximum atomic E-state index is 13.3. The van der Waals surface area contributed by atoms with Gasteiger partial charge in [-0.3, -0.25) is 4.79 Å². The van der Waals surface area contributed by atoms with E-state index in [1.165, 1.54) is 29.5 Å². The average molecular weight is 363 g/mol. The standard InChI is InChI=1S/C23H25NO3/c1-16-5-2-3-6-19(16)13-18-9-10-21-20(14-18)23(26-11-4-12-27-23)22(25)24(21)15-17-7-8-17/h2-3,5-6,9-10,14,17H,4,7-8,11-13,15H2,1H3. The van der Waals surface area contributed by atoms with E-state index in [4.69, 9.17) is 9.47 Å². The summed E-state index contributed by atoms with van der Waals surface area (Å²) >= 11 is 0. The van der Waals surface area contributed by atoms with Crippen LogP contribution in [0, 0.1) is 12.8 Å². The highest BCUT2D eigenvalue weighted by Gasteiger charge is 2.55. The van der Waals surface area contributed by atoms with Crippen LogP contribution in [0.3, 0.4) is 0 Å². The van der Waals surface area contributed by atoms with Gasteiger partial charge in [-0.1, -0.05) is 30.3 Å². The van der Waals surface area contributed by atoms with Gasteiger partial charge in [0.1, 0.15) is 0 Å². The zero-order chi connectivity index (χ0) is 18.4. The van der Waals surface area contributed by atoms with E-state index in [2.05, 4.69) is 49.4 Å². The van der Waals surface area contributed by atoms with Crippen molar-refractivity contribution in [1.29, 1.82) is 0 Å². The second-order valence-electron chi connectivity index (χ2n) is 7.98. The summed E-state index contributed by atoms with van der Waals surface area (Å²) in [6.07, 6.45) is 4.08. The number of aryl methyl sites for hydroxylation is 1. The van der Waals surface area contributed by atoms with Crippen molar-refractivity contribution in [3.8, 4) is 0 Å². The summed E-state index contributed by atoms with van der Waals surface area (Å²) < 4.78 is 12.0. The molecule has 4 heteroatoms. The Balaban J connectivity index is 1.54. The van der Waals surface area contributed by atoms with Crippen molar-refractivity contribution in [1.82, 2.24) is 0 Å². The minimum atomic E-state index is -1.23. The smallest absolute Gasteiger partial charge is 0.292 e. The molecule has 1 amide bonds. The van der Waals surface area contributed by atoms with Crippen molar-refractivity contribution < 1.29 is 14.3 Å². The van der Waals surface area contributed by atoms with Crippen LogP contribution < -0.4 is 4.90 Å². The highest BCUT2D eigenvalue weighted by Crippen LogP contribution is 2.47. The van der Waals surface area contributed by atoms with Crippen LogP contribution in [0.25, 0.3) is 0 Å². The maximum absolute atomic E-state index is 13.3. The number of rotatable bonds is 4. The zero-order valence-electron chi connectivity index (χ0n) is 15.7. The molecule has 2 heterocycles. The van der Waals surface area contributed by atoms with Crippen LogP contribution in [0.2, 0.25) is 0 Å². The van der Waals surface area contributed by atoms with E-state index in [1.54, 1.807) is 0 Å². The zero-order valence-corrected chi connectivity index (χ0v) is 15.7. The number of ether oxygens (including phenoxy) is 2. The van der Waals surface area contributed by atoms with Crippen molar-refractivity contribution >= 4 is 11.6 Å². The van der Waals surface area contributed by atoms with Gasteiger partial charge in [0.25, 0.3) is 11.7 Å². The fourth-order valence-electron chi connectivity index (χ4n) is 4.17. The predicted molar refractivity (Wildman–Crippen MR) is 104 cm³/mol. The van der Waals surface area contributed by atoms with Crippen LogP contribution in [-0.2, 0) is 26.5 Å². The molecule has 0 bridgehead atoms. The molecule has 0 atom stereocenters. The second kappa shape index (κ2) is 6.47. The molecular formula is C23H25NO3. The van der Waals surface area contributed by atoms with Crippen LogP contribution in [0.15, 0.2) is 42.5 Å². The molecule has 27 heavy (non-hydrogen) atoms. The van der Waals surface area contributed by atoms with Gasteiger partial charge in [0.05, 0.1) is 18.9 Å². The largest absolute Gasteiger partial charge is 0.338 e. The van der Waals surface area contributed by atoms with Crippen LogP contribution in [0.1, 0.15) is 41.5 Å². The Bertz CT molecular complexity index is 881. The first kappa shape index (κ1) is 17.0. The molecule has 2 fully saturated rings. The van der Waals surface area contributed by atoms with E-state index >= 15 is 0 Å². The molecule has 0 radical (unpaired) electrons. The summed E-state index contributed by atoms with van der Waals surface area (Å²) in [7, 11) is 0. The molecule has 1 spiro atoms. The molecule has 140 valence electrons. The molecule has 2 aromatic carbocycles. The third-order valence-electron chi connectivity index (χ3n) is 5.93. The molecule has 2 aromatic rings. The fourth-order valence-corrected chi connectivity index (χ4v) is 4.17. The first-order chi connectivity index (χ1) is 13.2. The number of hydrogen-bond acceptors (Lipinski definition) is 3. The number of carbonyl (C=O) groups is 1. The molecule has 1 saturated carbocycles. The Morgan fingerprint density at radius 3 is 2.63 bits per heavy atom. The summed E-state index contributed by atoms with van der Waals surface area (Å²) in [6, 6.07) is 14.8. The topological polar surface area (TPSA) is 38.8 Å². The van der Waals surface area contributed by atoms with Crippen LogP contribution >= 0.6 is 0 Å². The molecule has 0 aromatic heterocycles. The van der Waals surface area contributed by atoms with Gasteiger partial charge in [-0.2, -0.15) is 0 Å². The Morgan fingerprint density at radius 1 is 1.11 bits per heavy atom. The normalized spacial score (nSPS) is 20.9. The van der Waals surface area contributed by atoms with Gasteiger partial charge in [0.2, 0.25) is 0 Å². The highest BCUT2D eigenvalue weighted by atomic mass is 16.7. The number of hydrogen-bond donors (Lipinski definition) is 0. The van der Waals surface area contributed by atoms with Crippen molar-refractivity contribution in [2.75, 3.05) is 24.7 Å². The van der Waals surface area contributed by atoms with Gasteiger partial charge >= 0.3 is 0 Å². The van der Waals surface area contributed by atoms with Gasteiger partial charge in [-0.05, 0) is 67.3 Å². The van der Waals surface area contributed by atoms with E-state index in [-0.39, 0.29) is 5.91 Å². The number of benzene rings is 2. The lowest BCUT2D eigenvalue weighted by Crippen LogP contribution is -2.47. The Labute approximate surface area is 160 Å². The van der Waals surface area contributed by atoms with Crippen LogP contribution in [-0.4, -0.2) is 25.7 Å². The van der Waals surface area contributed by atoms with Crippen LogP contribution in [0.5, 0.6) is 0 Å². The Morgan fingerprint density at radius 2 is 1.89 bits per heavy atom. The lowest BCUT2D eigenvalue weighted by Gasteiger charge is -2.32. The molecular weight excluding hydrogens is 338 g/mol. The summed E-state index contributed by atoms with van der Waals surface area (Å²) in [6.45, 7) is 4.03. The minimum Gasteiger partial charge on any atom is -0.338 e. The van der Waals surface area contributed by atoms with Gasteiger partial charge in [-0.25, -0.2) is 0 Å². The van der Waals surface area contributed by atoms with Crippen molar-refractivity contribution in [2.45, 2.75) is 38.4 Å². The molecule has 4 nitrogen and oxygen atoms in total. The van der Waals surface area contributed by atoms with Crippen LogP contribution in [0.4, 0.5) is 5.69 Å². The SMILES string of the molecule is Cc1ccccc1Cc1ccc2c(c1)C1(OCCCO1)C(=O)N2CC1CC1. The third-order valence-corrected chi connectivity index (χ3v) is 5.93. The molecule has 0 N–H and O–H groups in total. The number of amides is 1. The van der Waals surface area contributed by atoms with Gasteiger partial charge < -0.3 is 14.4 Å². The van der Waals surface area contributed by atoms with E-state index in [0.29, 0.717) is 19.1 Å². The minimum absolute atomic E-state index is 0.0443.